The van der Waals surface area contributed by atoms with E-state index in [1.165, 1.54) is 0 Å². The minimum Gasteiger partial charge on any atom is -0.497 e. The number of benzene rings is 3. The summed E-state index contributed by atoms with van der Waals surface area (Å²) in [5.41, 5.74) is 5.52. The number of aromatic nitrogens is 1. The molecule has 0 unspecified atom stereocenters. The Morgan fingerprint density at radius 3 is 2.53 bits per heavy atom. The molecule has 0 spiro atoms. The second-order valence-corrected chi connectivity index (χ2v) is 9.68. The molecule has 1 aromatic heterocycles. The second-order valence-electron chi connectivity index (χ2n) is 9.68. The van der Waals surface area contributed by atoms with Crippen molar-refractivity contribution in [3.05, 3.63) is 88.3 Å². The fourth-order valence-electron chi connectivity index (χ4n) is 5.32. The molecule has 7 nitrogen and oxygen atoms in total. The summed E-state index contributed by atoms with van der Waals surface area (Å²) in [6.07, 6.45) is 3.90. The Labute approximate surface area is 221 Å². The zero-order valence-electron chi connectivity index (χ0n) is 22.0. The van der Waals surface area contributed by atoms with Gasteiger partial charge in [0.1, 0.15) is 29.7 Å². The van der Waals surface area contributed by atoms with Crippen LogP contribution in [0.2, 0.25) is 0 Å². The van der Waals surface area contributed by atoms with E-state index in [-0.39, 0.29) is 5.78 Å². The molecule has 0 bridgehead atoms. The van der Waals surface area contributed by atoms with Crippen molar-refractivity contribution in [3.8, 4) is 23.0 Å². The zero-order valence-corrected chi connectivity index (χ0v) is 22.0. The van der Waals surface area contributed by atoms with Gasteiger partial charge in [0.15, 0.2) is 5.76 Å². The quantitative estimate of drug-likeness (QED) is 0.299. The normalized spacial score (nSPS) is 15.8. The van der Waals surface area contributed by atoms with Gasteiger partial charge in [-0.25, -0.2) is 0 Å². The van der Waals surface area contributed by atoms with Crippen molar-refractivity contribution in [2.75, 3.05) is 21.0 Å². The SMILES string of the molecule is CCn1cc(/C=C2\Oc3c4c(cc(C)c3C2=O)OCN(Cc2ccc(OC)cc2)C4)c2cc(OC)ccc21. The van der Waals surface area contributed by atoms with Gasteiger partial charge < -0.3 is 23.5 Å². The highest BCUT2D eigenvalue weighted by Gasteiger charge is 2.35. The summed E-state index contributed by atoms with van der Waals surface area (Å²) in [5.74, 6) is 3.19. The third-order valence-corrected chi connectivity index (χ3v) is 7.30. The second kappa shape index (κ2) is 9.58. The number of hydrogen-bond donors (Lipinski definition) is 0. The lowest BCUT2D eigenvalue weighted by Crippen LogP contribution is -2.31. The first kappa shape index (κ1) is 24.1. The molecule has 0 radical (unpaired) electrons. The molecule has 0 saturated carbocycles. The minimum absolute atomic E-state index is 0.104. The summed E-state index contributed by atoms with van der Waals surface area (Å²) in [6, 6.07) is 16.0. The molecule has 0 aliphatic carbocycles. The molecule has 2 aliphatic rings. The number of ether oxygens (including phenoxy) is 4. The average Bonchev–Trinajstić information content (AvgIpc) is 3.46. The predicted octanol–water partition coefficient (Wildman–Crippen LogP) is 5.96. The van der Waals surface area contributed by atoms with Gasteiger partial charge in [-0.15, -0.1) is 0 Å². The number of Topliss-reactive ketones (excluding diaryl/α,β-unsaturated/α-hetero) is 1. The summed E-state index contributed by atoms with van der Waals surface area (Å²) in [4.78, 5) is 15.8. The molecule has 3 aromatic carbocycles. The van der Waals surface area contributed by atoms with Crippen molar-refractivity contribution in [2.45, 2.75) is 33.5 Å². The summed E-state index contributed by atoms with van der Waals surface area (Å²) in [7, 11) is 3.32. The number of carbonyl (C=O) groups is 1. The van der Waals surface area contributed by atoms with Gasteiger partial charge in [-0.1, -0.05) is 12.1 Å². The molecule has 194 valence electrons. The molecule has 0 atom stereocenters. The van der Waals surface area contributed by atoms with E-state index in [9.17, 15) is 4.79 Å². The topological polar surface area (TPSA) is 62.2 Å². The largest absolute Gasteiger partial charge is 0.497 e. The van der Waals surface area contributed by atoms with Gasteiger partial charge >= 0.3 is 0 Å². The van der Waals surface area contributed by atoms with Crippen molar-refractivity contribution < 1.29 is 23.7 Å². The van der Waals surface area contributed by atoms with Gasteiger partial charge in [0.25, 0.3) is 0 Å². The molecule has 38 heavy (non-hydrogen) atoms. The molecule has 0 fully saturated rings. The van der Waals surface area contributed by atoms with E-state index < -0.39 is 0 Å². The van der Waals surface area contributed by atoms with Crippen molar-refractivity contribution >= 4 is 22.8 Å². The summed E-state index contributed by atoms with van der Waals surface area (Å²) >= 11 is 0. The number of methoxy groups -OCH3 is 2. The maximum Gasteiger partial charge on any atom is 0.232 e. The van der Waals surface area contributed by atoms with Crippen molar-refractivity contribution in [2.24, 2.45) is 0 Å². The van der Waals surface area contributed by atoms with Crippen molar-refractivity contribution in [1.29, 1.82) is 0 Å². The number of nitrogens with zero attached hydrogens (tertiary/aromatic N) is 2. The Bertz CT molecular complexity index is 1580. The molecule has 6 rings (SSSR count). The van der Waals surface area contributed by atoms with Crippen molar-refractivity contribution in [1.82, 2.24) is 9.47 Å². The van der Waals surface area contributed by atoms with Gasteiger partial charge in [-0.05, 0) is 67.4 Å². The molecule has 0 amide bonds. The van der Waals surface area contributed by atoms with Crippen LogP contribution in [-0.4, -0.2) is 36.2 Å². The van der Waals surface area contributed by atoms with Gasteiger partial charge in [0, 0.05) is 42.3 Å². The summed E-state index contributed by atoms with van der Waals surface area (Å²) in [5, 5.41) is 1.01. The van der Waals surface area contributed by atoms with Gasteiger partial charge in [0.05, 0.1) is 25.3 Å². The number of hydrogen-bond acceptors (Lipinski definition) is 6. The maximum absolute atomic E-state index is 13.6. The van der Waals surface area contributed by atoms with Crippen LogP contribution in [0.25, 0.3) is 17.0 Å². The monoisotopic (exact) mass is 510 g/mol. The molecule has 2 aliphatic heterocycles. The molecule has 0 saturated heterocycles. The van der Waals surface area contributed by atoms with E-state index in [0.29, 0.717) is 36.9 Å². The number of ketones is 1. The zero-order chi connectivity index (χ0) is 26.4. The predicted molar refractivity (Wildman–Crippen MR) is 146 cm³/mol. The standard InChI is InChI=1S/C31H30N2O5/c1-5-33-16-21(24-14-23(36-4)10-11-26(24)33)13-28-30(34)29-19(2)12-27-25(31(29)38-28)17-32(18-37-27)15-20-6-8-22(35-3)9-7-20/h6-14,16H,5,15,17-18H2,1-4H3/b28-13-. The Balaban J connectivity index is 1.33. The van der Waals surface area contributed by atoms with Crippen LogP contribution in [0.3, 0.4) is 0 Å². The van der Waals surface area contributed by atoms with Gasteiger partial charge in [-0.2, -0.15) is 0 Å². The van der Waals surface area contributed by atoms with E-state index in [4.69, 9.17) is 18.9 Å². The first-order valence-electron chi connectivity index (χ1n) is 12.7. The third-order valence-electron chi connectivity index (χ3n) is 7.30. The maximum atomic E-state index is 13.6. The van der Waals surface area contributed by atoms with E-state index in [2.05, 4.69) is 34.7 Å². The van der Waals surface area contributed by atoms with Crippen LogP contribution in [0.4, 0.5) is 0 Å². The minimum atomic E-state index is -0.104. The van der Waals surface area contributed by atoms with Crippen LogP contribution in [0.15, 0.2) is 60.5 Å². The number of carbonyl (C=O) groups excluding carboxylic acids is 1. The average molecular weight is 511 g/mol. The third kappa shape index (κ3) is 4.09. The fourth-order valence-corrected chi connectivity index (χ4v) is 5.32. The molecule has 4 aromatic rings. The first-order valence-corrected chi connectivity index (χ1v) is 12.7. The lowest BCUT2D eigenvalue weighted by Gasteiger charge is -2.30. The Hall–Kier alpha value is -4.23. The van der Waals surface area contributed by atoms with Crippen LogP contribution >= 0.6 is 0 Å². The van der Waals surface area contributed by atoms with Gasteiger partial charge in [-0.3, -0.25) is 9.69 Å². The fraction of sp³-hybridized carbons (Fsp3) is 0.258. The van der Waals surface area contributed by atoms with Crippen LogP contribution in [-0.2, 0) is 19.6 Å². The first-order chi connectivity index (χ1) is 18.5. The van der Waals surface area contributed by atoms with E-state index in [0.717, 1.165) is 57.0 Å². The van der Waals surface area contributed by atoms with E-state index in [1.54, 1.807) is 14.2 Å². The van der Waals surface area contributed by atoms with Crippen LogP contribution < -0.4 is 18.9 Å². The van der Waals surface area contributed by atoms with E-state index in [1.807, 2.05) is 49.4 Å². The Kier molecular flexibility index (Phi) is 6.08. The lowest BCUT2D eigenvalue weighted by molar-refractivity contribution is 0.0872. The highest BCUT2D eigenvalue weighted by molar-refractivity contribution is 6.16. The Morgan fingerprint density at radius 1 is 1.03 bits per heavy atom. The Morgan fingerprint density at radius 2 is 1.79 bits per heavy atom. The van der Waals surface area contributed by atoms with Gasteiger partial charge in [0.2, 0.25) is 5.78 Å². The number of fused-ring (bicyclic) bond motifs is 4. The van der Waals surface area contributed by atoms with Crippen molar-refractivity contribution in [3.63, 3.8) is 0 Å². The molecule has 3 heterocycles. The number of aryl methyl sites for hydroxylation is 2. The smallest absolute Gasteiger partial charge is 0.232 e. The lowest BCUT2D eigenvalue weighted by atomic mass is 9.98. The number of rotatable bonds is 6. The highest BCUT2D eigenvalue weighted by atomic mass is 16.5. The highest BCUT2D eigenvalue weighted by Crippen LogP contribution is 2.44. The summed E-state index contributed by atoms with van der Waals surface area (Å²) < 4.78 is 25.3. The van der Waals surface area contributed by atoms with Crippen LogP contribution in [0, 0.1) is 6.92 Å². The molecular formula is C31H30N2O5. The molecule has 7 heteroatoms. The van der Waals surface area contributed by atoms with E-state index >= 15 is 0 Å². The molecular weight excluding hydrogens is 480 g/mol. The summed E-state index contributed by atoms with van der Waals surface area (Å²) in [6.45, 7) is 6.64. The molecule has 0 N–H and O–H groups in total. The number of allylic oxidation sites excluding steroid dienone is 1. The van der Waals surface area contributed by atoms with Crippen LogP contribution in [0.1, 0.15) is 39.5 Å². The van der Waals surface area contributed by atoms with Crippen LogP contribution in [0.5, 0.6) is 23.0 Å².